The molecule has 0 saturated carbocycles. The van der Waals surface area contributed by atoms with Gasteiger partial charge in [-0.05, 0) is 29.8 Å². The largest absolute Gasteiger partial charge is 0.467 e. The fraction of sp³-hybridized carbons (Fsp3) is 0.250. The highest BCUT2D eigenvalue weighted by atomic mass is 32.2. The summed E-state index contributed by atoms with van der Waals surface area (Å²) in [5.74, 6) is -1.82. The molecule has 1 fully saturated rings. The lowest BCUT2D eigenvalue weighted by Crippen LogP contribution is -2.43. The minimum Gasteiger partial charge on any atom is -0.467 e. The Morgan fingerprint density at radius 2 is 1.76 bits per heavy atom. The smallest absolute Gasteiger partial charge is 0.328 e. The topological polar surface area (TPSA) is 110 Å². The second-order valence-electron chi connectivity index (χ2n) is 6.51. The normalized spacial score (nSPS) is 16.3. The van der Waals surface area contributed by atoms with Gasteiger partial charge in [-0.25, -0.2) is 17.5 Å². The molecule has 0 aromatic heterocycles. The molecule has 1 heterocycles. The minimum absolute atomic E-state index is 0.0646. The summed E-state index contributed by atoms with van der Waals surface area (Å²) in [7, 11) is -2.42. The average Bonchev–Trinajstić information content (AvgIpc) is 3.00. The van der Waals surface area contributed by atoms with E-state index in [0.717, 1.165) is 9.87 Å². The van der Waals surface area contributed by atoms with E-state index in [1.54, 1.807) is 0 Å². The van der Waals surface area contributed by atoms with Crippen LogP contribution in [0.1, 0.15) is 22.3 Å². The van der Waals surface area contributed by atoms with Crippen LogP contribution in [0.5, 0.6) is 0 Å². The van der Waals surface area contributed by atoms with Gasteiger partial charge in [-0.15, -0.1) is 0 Å². The lowest BCUT2D eigenvalue weighted by Gasteiger charge is -2.18. The van der Waals surface area contributed by atoms with Crippen molar-refractivity contribution in [3.8, 4) is 0 Å². The first-order valence-corrected chi connectivity index (χ1v) is 10.5. The Kier molecular flexibility index (Phi) is 5.97. The first-order valence-electron chi connectivity index (χ1n) is 8.90. The Hall–Kier alpha value is -3.20. The van der Waals surface area contributed by atoms with E-state index in [1.807, 2.05) is 30.3 Å². The number of hydrogen-bond acceptors (Lipinski definition) is 6. The van der Waals surface area contributed by atoms with Crippen LogP contribution in [0.3, 0.4) is 0 Å². The molecule has 1 aliphatic rings. The Labute approximate surface area is 168 Å². The Balaban J connectivity index is 1.75. The third kappa shape index (κ3) is 4.62. The molecule has 1 atom stereocenters. The van der Waals surface area contributed by atoms with Crippen LogP contribution in [0.15, 0.2) is 54.6 Å². The number of esters is 1. The van der Waals surface area contributed by atoms with Gasteiger partial charge >= 0.3 is 5.97 Å². The van der Waals surface area contributed by atoms with Crippen LogP contribution in [-0.4, -0.2) is 45.1 Å². The molecule has 0 radical (unpaired) electrons. The molecule has 0 spiro atoms. The van der Waals surface area contributed by atoms with Crippen LogP contribution >= 0.6 is 0 Å². The minimum atomic E-state index is -3.67. The fourth-order valence-electron chi connectivity index (χ4n) is 3.04. The van der Waals surface area contributed by atoms with Crippen molar-refractivity contribution >= 4 is 33.5 Å². The van der Waals surface area contributed by atoms with Crippen LogP contribution in [0, 0.1) is 0 Å². The van der Waals surface area contributed by atoms with Gasteiger partial charge in [0.25, 0.3) is 5.91 Å². The summed E-state index contributed by atoms with van der Waals surface area (Å²) in [5, 5.41) is 2.63. The molecule has 1 aliphatic heterocycles. The fourth-order valence-corrected chi connectivity index (χ4v) is 4.50. The van der Waals surface area contributed by atoms with Crippen LogP contribution < -0.4 is 9.62 Å². The highest BCUT2D eigenvalue weighted by Gasteiger charge is 2.36. The maximum Gasteiger partial charge on any atom is 0.328 e. The molecule has 152 valence electrons. The van der Waals surface area contributed by atoms with E-state index in [1.165, 1.54) is 31.4 Å². The number of anilines is 1. The summed E-state index contributed by atoms with van der Waals surface area (Å²) < 4.78 is 29.5. The number of hydrogen-bond donors (Lipinski definition) is 1. The molecule has 0 unspecified atom stereocenters. The number of nitrogens with zero attached hydrogens (tertiary/aromatic N) is 1. The number of benzene rings is 2. The van der Waals surface area contributed by atoms with E-state index < -0.39 is 33.8 Å². The van der Waals surface area contributed by atoms with Crippen molar-refractivity contribution in [2.24, 2.45) is 0 Å². The van der Waals surface area contributed by atoms with Gasteiger partial charge in [0.1, 0.15) is 6.04 Å². The van der Waals surface area contributed by atoms with Crippen molar-refractivity contribution in [1.29, 1.82) is 0 Å². The molecule has 0 aliphatic carbocycles. The van der Waals surface area contributed by atoms with Crippen LogP contribution in [0.2, 0.25) is 0 Å². The molecule has 3 rings (SSSR count). The van der Waals surface area contributed by atoms with Gasteiger partial charge in [0.2, 0.25) is 15.9 Å². The van der Waals surface area contributed by atoms with E-state index in [-0.39, 0.29) is 29.8 Å². The second kappa shape index (κ2) is 8.44. The summed E-state index contributed by atoms with van der Waals surface area (Å²) in [5.41, 5.74) is 1.26. The van der Waals surface area contributed by atoms with Gasteiger partial charge in [-0.1, -0.05) is 30.3 Å². The lowest BCUT2D eigenvalue weighted by atomic mass is 10.1. The summed E-state index contributed by atoms with van der Waals surface area (Å²) >= 11 is 0. The van der Waals surface area contributed by atoms with Crippen molar-refractivity contribution in [1.82, 2.24) is 5.32 Å². The van der Waals surface area contributed by atoms with Crippen LogP contribution in [-0.2, 0) is 30.8 Å². The van der Waals surface area contributed by atoms with Crippen LogP contribution in [0.25, 0.3) is 0 Å². The SMILES string of the molecule is COC(=O)[C@@H](Cc1ccccc1)NC(=O)c1ccc(N2C(=O)CCS2(=O)=O)cc1. The zero-order valence-electron chi connectivity index (χ0n) is 15.7. The van der Waals surface area contributed by atoms with Crippen molar-refractivity contribution in [3.63, 3.8) is 0 Å². The van der Waals surface area contributed by atoms with Crippen molar-refractivity contribution in [3.05, 3.63) is 65.7 Å². The Morgan fingerprint density at radius 3 is 2.31 bits per heavy atom. The molecule has 9 heteroatoms. The molecule has 2 aromatic carbocycles. The third-order valence-electron chi connectivity index (χ3n) is 4.52. The molecule has 0 bridgehead atoms. The number of sulfonamides is 1. The zero-order chi connectivity index (χ0) is 21.0. The number of ether oxygens (including phenoxy) is 1. The summed E-state index contributed by atoms with van der Waals surface area (Å²) in [6.45, 7) is 0. The number of rotatable bonds is 6. The molecular formula is C20H20N2O6S. The standard InChI is InChI=1S/C20H20N2O6S/c1-28-20(25)17(13-14-5-3-2-4-6-14)21-19(24)15-7-9-16(10-8-15)22-18(23)11-12-29(22,26)27/h2-10,17H,11-13H2,1H3,(H,21,24)/t17-/m1/s1. The summed E-state index contributed by atoms with van der Waals surface area (Å²) in [6.07, 6.45) is 0.197. The molecule has 1 saturated heterocycles. The van der Waals surface area contributed by atoms with Crippen molar-refractivity contribution < 1.29 is 27.5 Å². The van der Waals surface area contributed by atoms with Gasteiger partial charge in [-0.3, -0.25) is 9.59 Å². The Bertz CT molecular complexity index is 1020. The number of carbonyl (C=O) groups is 3. The monoisotopic (exact) mass is 416 g/mol. The van der Waals surface area contributed by atoms with Crippen LogP contribution in [0.4, 0.5) is 5.69 Å². The average molecular weight is 416 g/mol. The summed E-state index contributed by atoms with van der Waals surface area (Å²) in [6, 6.07) is 13.9. The molecule has 8 nitrogen and oxygen atoms in total. The quantitative estimate of drug-likeness (QED) is 0.710. The molecule has 29 heavy (non-hydrogen) atoms. The molecule has 2 aromatic rings. The highest BCUT2D eigenvalue weighted by Crippen LogP contribution is 2.25. The van der Waals surface area contributed by atoms with E-state index >= 15 is 0 Å². The molecular weight excluding hydrogens is 396 g/mol. The van der Waals surface area contributed by atoms with Gasteiger partial charge < -0.3 is 10.1 Å². The first-order chi connectivity index (χ1) is 13.8. The molecule has 1 N–H and O–H groups in total. The maximum absolute atomic E-state index is 12.6. The zero-order valence-corrected chi connectivity index (χ0v) is 16.5. The van der Waals surface area contributed by atoms with Crippen molar-refractivity contribution in [2.45, 2.75) is 18.9 Å². The van der Waals surface area contributed by atoms with E-state index in [0.29, 0.717) is 0 Å². The maximum atomic E-state index is 12.6. The first kappa shape index (κ1) is 20.5. The Morgan fingerprint density at radius 1 is 1.10 bits per heavy atom. The van der Waals surface area contributed by atoms with E-state index in [4.69, 9.17) is 4.74 Å². The third-order valence-corrected chi connectivity index (χ3v) is 6.21. The van der Waals surface area contributed by atoms with E-state index in [9.17, 15) is 22.8 Å². The van der Waals surface area contributed by atoms with Crippen molar-refractivity contribution in [2.75, 3.05) is 17.2 Å². The predicted octanol–water partition coefficient (Wildman–Crippen LogP) is 1.27. The van der Waals surface area contributed by atoms with Gasteiger partial charge in [0, 0.05) is 18.4 Å². The second-order valence-corrected chi connectivity index (χ2v) is 8.45. The molecule has 2 amide bonds. The van der Waals surface area contributed by atoms with Gasteiger partial charge in [0.15, 0.2) is 0 Å². The van der Waals surface area contributed by atoms with Gasteiger partial charge in [-0.2, -0.15) is 0 Å². The number of methoxy groups -OCH3 is 1. The predicted molar refractivity (Wildman–Crippen MR) is 106 cm³/mol. The number of nitrogens with one attached hydrogen (secondary N) is 1. The number of carbonyl (C=O) groups excluding carboxylic acids is 3. The summed E-state index contributed by atoms with van der Waals surface area (Å²) in [4.78, 5) is 36.5. The van der Waals surface area contributed by atoms with E-state index in [2.05, 4.69) is 5.32 Å². The lowest BCUT2D eigenvalue weighted by molar-refractivity contribution is -0.142. The highest BCUT2D eigenvalue weighted by molar-refractivity contribution is 7.94. The number of amides is 2. The van der Waals surface area contributed by atoms with Gasteiger partial charge in [0.05, 0.1) is 18.6 Å².